The zero-order valence-electron chi connectivity index (χ0n) is 18.3. The summed E-state index contributed by atoms with van der Waals surface area (Å²) in [4.78, 5) is 19.2. The maximum atomic E-state index is 12.4. The normalized spacial score (nSPS) is 13.8. The Morgan fingerprint density at radius 3 is 2.66 bits per heavy atom. The summed E-state index contributed by atoms with van der Waals surface area (Å²) >= 11 is 0. The fourth-order valence-electron chi connectivity index (χ4n) is 4.68. The maximum Gasteiger partial charge on any atom is 0.338 e. The van der Waals surface area contributed by atoms with Gasteiger partial charge in [-0.25, -0.2) is 4.79 Å². The van der Waals surface area contributed by atoms with Crippen molar-refractivity contribution in [3.05, 3.63) is 101 Å². The van der Waals surface area contributed by atoms with Crippen LogP contribution in [0.15, 0.2) is 73.1 Å². The van der Waals surface area contributed by atoms with Gasteiger partial charge < -0.3 is 9.30 Å². The number of nitrogens with zero attached hydrogens (tertiary/aromatic N) is 3. The van der Waals surface area contributed by atoms with Crippen LogP contribution in [0.5, 0.6) is 0 Å². The van der Waals surface area contributed by atoms with Crippen LogP contribution in [0.1, 0.15) is 39.7 Å². The number of aromatic nitrogens is 2. The fourth-order valence-corrected chi connectivity index (χ4v) is 4.68. The van der Waals surface area contributed by atoms with E-state index in [1.807, 2.05) is 31.3 Å². The largest absolute Gasteiger partial charge is 0.462 e. The number of ether oxygens (including phenoxy) is 1. The smallest absolute Gasteiger partial charge is 0.338 e. The highest BCUT2D eigenvalue weighted by Gasteiger charge is 2.25. The highest BCUT2D eigenvalue weighted by molar-refractivity contribution is 5.96. The van der Waals surface area contributed by atoms with Gasteiger partial charge in [-0.15, -0.1) is 0 Å². The molecule has 0 saturated heterocycles. The SMILES string of the molecule is CCOC(=O)c1ccc2c(c1)c1c(n2Cc2cccnc2)CCN(Cc2ccccc2)C1. The number of pyridine rings is 1. The molecule has 5 nitrogen and oxygen atoms in total. The van der Waals surface area contributed by atoms with Crippen molar-refractivity contribution in [3.8, 4) is 0 Å². The van der Waals surface area contributed by atoms with Crippen molar-refractivity contribution in [3.63, 3.8) is 0 Å². The molecule has 4 aromatic rings. The van der Waals surface area contributed by atoms with Crippen LogP contribution in [0.2, 0.25) is 0 Å². The van der Waals surface area contributed by atoms with Crippen LogP contribution in [0.3, 0.4) is 0 Å². The Hall–Kier alpha value is -3.44. The number of hydrogen-bond donors (Lipinski definition) is 0. The summed E-state index contributed by atoms with van der Waals surface area (Å²) in [5, 5.41) is 1.15. The Balaban J connectivity index is 1.55. The van der Waals surface area contributed by atoms with Gasteiger partial charge in [0, 0.05) is 61.6 Å². The molecule has 0 bridgehead atoms. The minimum Gasteiger partial charge on any atom is -0.462 e. The van der Waals surface area contributed by atoms with Crippen LogP contribution in [0.4, 0.5) is 0 Å². The third-order valence-electron chi connectivity index (χ3n) is 6.16. The number of fused-ring (bicyclic) bond motifs is 3. The molecule has 1 aliphatic rings. The van der Waals surface area contributed by atoms with Crippen molar-refractivity contribution in [1.82, 2.24) is 14.5 Å². The van der Waals surface area contributed by atoms with Crippen molar-refractivity contribution >= 4 is 16.9 Å². The second-order valence-electron chi connectivity index (χ2n) is 8.27. The number of carbonyl (C=O) groups is 1. The summed E-state index contributed by atoms with van der Waals surface area (Å²) in [7, 11) is 0. The van der Waals surface area contributed by atoms with Gasteiger partial charge in [-0.3, -0.25) is 9.88 Å². The Morgan fingerprint density at radius 2 is 1.88 bits per heavy atom. The fraction of sp³-hybridized carbons (Fsp3) is 0.259. The molecule has 5 rings (SSSR count). The molecule has 0 N–H and O–H groups in total. The zero-order chi connectivity index (χ0) is 21.9. The number of esters is 1. The molecule has 0 atom stereocenters. The van der Waals surface area contributed by atoms with Gasteiger partial charge in [0.05, 0.1) is 12.2 Å². The molecule has 5 heteroatoms. The summed E-state index contributed by atoms with van der Waals surface area (Å²) in [6.07, 6.45) is 4.71. The van der Waals surface area contributed by atoms with Gasteiger partial charge >= 0.3 is 5.97 Å². The average molecular weight is 426 g/mol. The Kier molecular flexibility index (Phi) is 5.73. The van der Waals surface area contributed by atoms with Gasteiger partial charge in [-0.05, 0) is 47.9 Å². The average Bonchev–Trinajstić information content (AvgIpc) is 3.13. The van der Waals surface area contributed by atoms with E-state index in [9.17, 15) is 4.79 Å². The van der Waals surface area contributed by atoms with Crippen LogP contribution in [0.25, 0.3) is 10.9 Å². The van der Waals surface area contributed by atoms with Crippen molar-refractivity contribution in [2.45, 2.75) is 33.0 Å². The molecule has 162 valence electrons. The first-order valence-electron chi connectivity index (χ1n) is 11.2. The molecule has 0 amide bonds. The molecular weight excluding hydrogens is 398 g/mol. The van der Waals surface area contributed by atoms with Crippen LogP contribution >= 0.6 is 0 Å². The van der Waals surface area contributed by atoms with Crippen LogP contribution in [0, 0.1) is 0 Å². The topological polar surface area (TPSA) is 47.4 Å². The van der Waals surface area contributed by atoms with E-state index < -0.39 is 0 Å². The van der Waals surface area contributed by atoms with E-state index in [4.69, 9.17) is 4.74 Å². The molecule has 0 saturated carbocycles. The third kappa shape index (κ3) is 4.04. The highest BCUT2D eigenvalue weighted by Crippen LogP contribution is 2.33. The predicted octanol–water partition coefficient (Wildman–Crippen LogP) is 4.82. The minimum atomic E-state index is -0.264. The molecule has 1 aliphatic heterocycles. The Morgan fingerprint density at radius 1 is 1.03 bits per heavy atom. The first-order valence-corrected chi connectivity index (χ1v) is 11.2. The molecule has 2 aromatic heterocycles. The quantitative estimate of drug-likeness (QED) is 0.416. The highest BCUT2D eigenvalue weighted by atomic mass is 16.5. The minimum absolute atomic E-state index is 0.264. The first-order chi connectivity index (χ1) is 15.7. The number of hydrogen-bond acceptors (Lipinski definition) is 4. The lowest BCUT2D eigenvalue weighted by Gasteiger charge is -2.28. The van der Waals surface area contributed by atoms with Gasteiger partial charge in [0.25, 0.3) is 0 Å². The van der Waals surface area contributed by atoms with Crippen molar-refractivity contribution in [2.75, 3.05) is 13.2 Å². The van der Waals surface area contributed by atoms with E-state index in [-0.39, 0.29) is 5.97 Å². The van der Waals surface area contributed by atoms with E-state index in [2.05, 4.69) is 56.9 Å². The lowest BCUT2D eigenvalue weighted by molar-refractivity contribution is 0.0526. The molecule has 0 unspecified atom stereocenters. The van der Waals surface area contributed by atoms with E-state index in [0.717, 1.165) is 43.5 Å². The monoisotopic (exact) mass is 425 g/mol. The third-order valence-corrected chi connectivity index (χ3v) is 6.16. The second kappa shape index (κ2) is 8.97. The van der Waals surface area contributed by atoms with Gasteiger partial charge in [-0.2, -0.15) is 0 Å². The van der Waals surface area contributed by atoms with Crippen LogP contribution in [-0.4, -0.2) is 33.6 Å². The molecule has 0 spiro atoms. The van der Waals surface area contributed by atoms with Crippen molar-refractivity contribution in [1.29, 1.82) is 0 Å². The summed E-state index contributed by atoms with van der Waals surface area (Å²) in [5.41, 5.74) is 6.94. The Bertz CT molecular complexity index is 1230. The van der Waals surface area contributed by atoms with Crippen LogP contribution < -0.4 is 0 Å². The summed E-state index contributed by atoms with van der Waals surface area (Å²) < 4.78 is 7.66. The molecule has 0 aliphatic carbocycles. The van der Waals surface area contributed by atoms with E-state index >= 15 is 0 Å². The van der Waals surface area contributed by atoms with Gasteiger partial charge in [-0.1, -0.05) is 36.4 Å². The van der Waals surface area contributed by atoms with E-state index in [1.165, 1.54) is 22.4 Å². The molecule has 0 fully saturated rings. The molecular formula is C27H27N3O2. The molecule has 3 heterocycles. The van der Waals surface area contributed by atoms with E-state index in [1.54, 1.807) is 6.20 Å². The summed E-state index contributed by atoms with van der Waals surface area (Å²) in [6, 6.07) is 20.7. The van der Waals surface area contributed by atoms with Crippen molar-refractivity contribution in [2.24, 2.45) is 0 Å². The summed E-state index contributed by atoms with van der Waals surface area (Å²) in [6.45, 7) is 5.79. The standard InChI is InChI=1S/C27H27N3O2/c1-2-32-27(31)22-10-11-25-23(15-22)24-19-29(17-20-7-4-3-5-8-20)14-12-26(24)30(25)18-21-9-6-13-28-16-21/h3-11,13,15-16H,2,12,14,17-19H2,1H3. The predicted molar refractivity (Wildman–Crippen MR) is 125 cm³/mol. The van der Waals surface area contributed by atoms with E-state index in [0.29, 0.717) is 12.2 Å². The maximum absolute atomic E-state index is 12.4. The van der Waals surface area contributed by atoms with Gasteiger partial charge in [0.2, 0.25) is 0 Å². The second-order valence-corrected chi connectivity index (χ2v) is 8.27. The van der Waals surface area contributed by atoms with Gasteiger partial charge in [0.1, 0.15) is 0 Å². The molecule has 32 heavy (non-hydrogen) atoms. The molecule has 2 aromatic carbocycles. The number of benzene rings is 2. The first kappa shape index (κ1) is 20.5. The number of rotatable bonds is 6. The zero-order valence-corrected chi connectivity index (χ0v) is 18.3. The van der Waals surface area contributed by atoms with Crippen molar-refractivity contribution < 1.29 is 9.53 Å². The molecule has 0 radical (unpaired) electrons. The lowest BCUT2D eigenvalue weighted by atomic mass is 10.0. The lowest BCUT2D eigenvalue weighted by Crippen LogP contribution is -2.30. The number of carbonyl (C=O) groups excluding carboxylic acids is 1. The van der Waals surface area contributed by atoms with Crippen LogP contribution in [-0.2, 0) is 30.8 Å². The summed E-state index contributed by atoms with van der Waals surface area (Å²) in [5.74, 6) is -0.264. The van der Waals surface area contributed by atoms with Gasteiger partial charge in [0.15, 0.2) is 0 Å². The Labute approximate surface area is 188 Å².